The average Bonchev–Trinajstić information content (AvgIpc) is 3.50. The summed E-state index contributed by atoms with van der Waals surface area (Å²) in [6.07, 6.45) is 4.39. The molecule has 248 valence electrons. The number of aliphatic hydroxyl groups is 1. The van der Waals surface area contributed by atoms with Gasteiger partial charge in [0.2, 0.25) is 0 Å². The number of hydrogen-bond acceptors (Lipinski definition) is 6. The Bertz CT molecular complexity index is 1680. The second kappa shape index (κ2) is 15.3. The minimum Gasteiger partial charge on any atom is -0.496 e. The van der Waals surface area contributed by atoms with Crippen LogP contribution in [0.2, 0.25) is 0 Å². The van der Waals surface area contributed by atoms with Gasteiger partial charge in [0, 0.05) is 25.3 Å². The first kappa shape index (κ1) is 33.7. The van der Waals surface area contributed by atoms with Gasteiger partial charge in [-0.25, -0.2) is 4.68 Å². The normalized spacial score (nSPS) is 14.1. The van der Waals surface area contributed by atoms with Crippen LogP contribution in [0.3, 0.4) is 0 Å². The fourth-order valence-electron chi connectivity index (χ4n) is 6.32. The molecule has 2 amide bonds. The highest BCUT2D eigenvalue weighted by Gasteiger charge is 2.32. The molecule has 9 nitrogen and oxygen atoms in total. The largest absolute Gasteiger partial charge is 0.496 e. The molecular weight excluding hydrogens is 592 g/mol. The van der Waals surface area contributed by atoms with Gasteiger partial charge in [0.25, 0.3) is 11.8 Å². The minimum absolute atomic E-state index is 0.106. The van der Waals surface area contributed by atoms with Crippen molar-refractivity contribution < 1.29 is 24.2 Å². The molecular formula is C38H46N4O5. The molecule has 1 N–H and O–H groups in total. The number of aryl methyl sites for hydroxylation is 1. The second-order valence-corrected chi connectivity index (χ2v) is 12.1. The van der Waals surface area contributed by atoms with Crippen molar-refractivity contribution in [1.29, 1.82) is 0 Å². The van der Waals surface area contributed by atoms with Gasteiger partial charge in [-0.1, -0.05) is 63.1 Å². The molecule has 2 heterocycles. The summed E-state index contributed by atoms with van der Waals surface area (Å²) in [5.74, 6) is 0.876. The van der Waals surface area contributed by atoms with Crippen molar-refractivity contribution in [3.05, 3.63) is 94.8 Å². The van der Waals surface area contributed by atoms with Crippen LogP contribution in [0, 0.1) is 6.92 Å². The second-order valence-electron chi connectivity index (χ2n) is 12.1. The average molecular weight is 639 g/mol. The number of aliphatic hydroxyl groups excluding tert-OH is 1. The standard InChI is InChI=1S/C38H46N4O5/c1-6-8-19-40(20-9-7-2)38(45)32-21-26(3)42(39-32)33-18-17-28(36-34(46-4)15-12-16-35(36)47-5)23-31(33)37(44)41-24-29-14-11-10-13-27(29)22-30(41)25-43/h10-18,21,23,30,43H,6-9,19-20,22,24-25H2,1-5H3/t30-/m0/s1. The van der Waals surface area contributed by atoms with Crippen LogP contribution in [0.5, 0.6) is 11.5 Å². The number of aromatic nitrogens is 2. The van der Waals surface area contributed by atoms with Crippen LogP contribution in [-0.2, 0) is 13.0 Å². The smallest absolute Gasteiger partial charge is 0.274 e. The van der Waals surface area contributed by atoms with Crippen molar-refractivity contribution in [2.24, 2.45) is 0 Å². The van der Waals surface area contributed by atoms with E-state index in [9.17, 15) is 14.7 Å². The molecule has 0 saturated carbocycles. The Morgan fingerprint density at radius 2 is 1.57 bits per heavy atom. The predicted molar refractivity (Wildman–Crippen MR) is 183 cm³/mol. The van der Waals surface area contributed by atoms with Gasteiger partial charge < -0.3 is 24.4 Å². The first-order valence-electron chi connectivity index (χ1n) is 16.5. The fourth-order valence-corrected chi connectivity index (χ4v) is 6.32. The zero-order valence-electron chi connectivity index (χ0n) is 28.2. The molecule has 1 aliphatic rings. The topological polar surface area (TPSA) is 97.1 Å². The molecule has 0 unspecified atom stereocenters. The van der Waals surface area contributed by atoms with Gasteiger partial charge >= 0.3 is 0 Å². The summed E-state index contributed by atoms with van der Waals surface area (Å²) in [7, 11) is 3.21. The zero-order valence-corrected chi connectivity index (χ0v) is 28.2. The summed E-state index contributed by atoms with van der Waals surface area (Å²) in [5.41, 5.74) is 5.66. The number of unbranched alkanes of at least 4 members (excludes halogenated alkanes) is 2. The summed E-state index contributed by atoms with van der Waals surface area (Å²) >= 11 is 0. The maximum Gasteiger partial charge on any atom is 0.274 e. The summed E-state index contributed by atoms with van der Waals surface area (Å²) in [6.45, 7) is 7.69. The lowest BCUT2D eigenvalue weighted by Gasteiger charge is -2.36. The van der Waals surface area contributed by atoms with Crippen LogP contribution in [0.1, 0.15) is 77.2 Å². The number of ether oxygens (including phenoxy) is 2. The number of methoxy groups -OCH3 is 2. The van der Waals surface area contributed by atoms with Gasteiger partial charge in [0.05, 0.1) is 43.7 Å². The van der Waals surface area contributed by atoms with E-state index in [0.29, 0.717) is 54.5 Å². The summed E-state index contributed by atoms with van der Waals surface area (Å²) in [6, 6.07) is 20.6. The SMILES string of the molecule is CCCCN(CCCC)C(=O)c1cc(C)n(-c2ccc(-c3c(OC)cccc3OC)cc2C(=O)N2Cc3ccccc3C[C@H]2CO)n1. The molecule has 0 spiro atoms. The molecule has 0 aliphatic carbocycles. The van der Waals surface area contributed by atoms with Crippen molar-refractivity contribution in [2.75, 3.05) is 33.9 Å². The first-order valence-corrected chi connectivity index (χ1v) is 16.5. The van der Waals surface area contributed by atoms with E-state index in [-0.39, 0.29) is 18.4 Å². The third-order valence-electron chi connectivity index (χ3n) is 8.96. The Morgan fingerprint density at radius 1 is 0.915 bits per heavy atom. The van der Waals surface area contributed by atoms with Crippen LogP contribution >= 0.6 is 0 Å². The molecule has 1 atom stereocenters. The van der Waals surface area contributed by atoms with E-state index in [2.05, 4.69) is 19.9 Å². The molecule has 5 rings (SSSR count). The van der Waals surface area contributed by atoms with Crippen LogP contribution < -0.4 is 9.47 Å². The Hall–Kier alpha value is -4.63. The minimum atomic E-state index is -0.392. The van der Waals surface area contributed by atoms with Crippen LogP contribution in [0.25, 0.3) is 16.8 Å². The van der Waals surface area contributed by atoms with Gasteiger partial charge in [0.15, 0.2) is 5.69 Å². The molecule has 0 radical (unpaired) electrons. The number of carbonyl (C=O) groups excluding carboxylic acids is 2. The van der Waals surface area contributed by atoms with Crippen molar-refractivity contribution in [3.8, 4) is 28.3 Å². The van der Waals surface area contributed by atoms with E-state index in [1.807, 2.05) is 66.4 Å². The molecule has 0 saturated heterocycles. The van der Waals surface area contributed by atoms with E-state index in [0.717, 1.165) is 53.6 Å². The van der Waals surface area contributed by atoms with Crippen molar-refractivity contribution in [2.45, 2.75) is 65.5 Å². The third-order valence-corrected chi connectivity index (χ3v) is 8.96. The number of benzene rings is 3. The summed E-state index contributed by atoms with van der Waals surface area (Å²) in [5, 5.41) is 15.2. The Labute approximate surface area is 277 Å². The highest BCUT2D eigenvalue weighted by molar-refractivity contribution is 6.00. The molecule has 1 aromatic heterocycles. The van der Waals surface area contributed by atoms with E-state index < -0.39 is 6.04 Å². The van der Waals surface area contributed by atoms with Gasteiger partial charge in [-0.05, 0) is 73.2 Å². The molecule has 0 fully saturated rings. The monoisotopic (exact) mass is 638 g/mol. The number of fused-ring (bicyclic) bond motifs is 1. The maximum atomic E-state index is 14.7. The van der Waals surface area contributed by atoms with Crippen LogP contribution in [-0.4, -0.2) is 76.5 Å². The molecule has 47 heavy (non-hydrogen) atoms. The predicted octanol–water partition coefficient (Wildman–Crippen LogP) is 6.47. The molecule has 9 heteroatoms. The van der Waals surface area contributed by atoms with Gasteiger partial charge in [-0.15, -0.1) is 0 Å². The summed E-state index contributed by atoms with van der Waals surface area (Å²) < 4.78 is 13.1. The quantitative estimate of drug-likeness (QED) is 0.180. The van der Waals surface area contributed by atoms with Crippen molar-refractivity contribution in [3.63, 3.8) is 0 Å². The molecule has 1 aliphatic heterocycles. The van der Waals surface area contributed by atoms with E-state index in [1.165, 1.54) is 0 Å². The van der Waals surface area contributed by atoms with Gasteiger partial charge in [-0.2, -0.15) is 5.10 Å². The highest BCUT2D eigenvalue weighted by atomic mass is 16.5. The van der Waals surface area contributed by atoms with Gasteiger partial charge in [-0.3, -0.25) is 9.59 Å². The van der Waals surface area contributed by atoms with E-state index in [1.54, 1.807) is 29.9 Å². The number of carbonyl (C=O) groups is 2. The maximum absolute atomic E-state index is 14.7. The fraction of sp³-hybridized carbons (Fsp3) is 0.395. The van der Waals surface area contributed by atoms with E-state index in [4.69, 9.17) is 14.6 Å². The third kappa shape index (κ3) is 7.05. The van der Waals surface area contributed by atoms with Crippen LogP contribution in [0.4, 0.5) is 0 Å². The highest BCUT2D eigenvalue weighted by Crippen LogP contribution is 2.40. The lowest BCUT2D eigenvalue weighted by Crippen LogP contribution is -2.46. The lowest BCUT2D eigenvalue weighted by atomic mass is 9.93. The number of rotatable bonds is 13. The number of hydrogen-bond donors (Lipinski definition) is 1. The lowest BCUT2D eigenvalue weighted by molar-refractivity contribution is 0.0544. The van der Waals surface area contributed by atoms with Crippen molar-refractivity contribution in [1.82, 2.24) is 19.6 Å². The molecule has 3 aromatic carbocycles. The van der Waals surface area contributed by atoms with Crippen molar-refractivity contribution >= 4 is 11.8 Å². The summed E-state index contributed by atoms with van der Waals surface area (Å²) in [4.78, 5) is 32.0. The number of nitrogens with zero attached hydrogens (tertiary/aromatic N) is 4. The Kier molecular flexibility index (Phi) is 11.0. The molecule has 0 bridgehead atoms. The Morgan fingerprint density at radius 3 is 2.19 bits per heavy atom. The zero-order chi connectivity index (χ0) is 33.5. The van der Waals surface area contributed by atoms with Crippen LogP contribution in [0.15, 0.2) is 66.7 Å². The van der Waals surface area contributed by atoms with E-state index >= 15 is 0 Å². The Balaban J connectivity index is 1.63. The first-order chi connectivity index (χ1) is 22.8. The van der Waals surface area contributed by atoms with Gasteiger partial charge in [0.1, 0.15) is 11.5 Å². The number of amides is 2. The molecule has 4 aromatic rings.